The number of hydrogen-bond donors (Lipinski definition) is 6. The van der Waals surface area contributed by atoms with Gasteiger partial charge in [0.25, 0.3) is 30.4 Å². The van der Waals surface area contributed by atoms with E-state index in [1.807, 2.05) is 0 Å². The standard InChI is InChI=1S/C21H19N3O11S3.Cu/c1-9-4-16(25)20(13-7-11(36(27,28)29)2-3-12(9)13)24-23-15-8-17(37(30,31)32)14-5-10(22)6-18(38(33,34)35)19(14)21(15)26;/h2-8,14,19,25-26H,22H2,1H3,(H,27,28,29)(H,30,31,32)(H,33,34,35);. The SMILES string of the molecule is Cc1cc(O)c(N=NC2=C(O)C3C(S(=O)(=O)O)=CC(N)=CC3C(S(=O)(=O)O)=C2)c2cc(S(=O)(=O)O)ccc12.[Cu]. The molecule has 0 spiro atoms. The van der Waals surface area contributed by atoms with E-state index in [0.29, 0.717) is 17.0 Å². The molecule has 0 bridgehead atoms. The molecule has 0 saturated carbocycles. The molecular formula is C21H19CuN3O11S3. The average Bonchev–Trinajstić information content (AvgIpc) is 2.77. The Morgan fingerprint density at radius 3 is 2.00 bits per heavy atom. The quantitative estimate of drug-likeness (QED) is 0.155. The number of aliphatic hydroxyl groups excluding tert-OH is 1. The van der Waals surface area contributed by atoms with E-state index < -0.39 is 74.1 Å². The van der Waals surface area contributed by atoms with E-state index in [0.717, 1.165) is 24.3 Å². The van der Waals surface area contributed by atoms with Gasteiger partial charge in [-0.05, 0) is 48.2 Å². The van der Waals surface area contributed by atoms with E-state index in [9.17, 15) is 49.1 Å². The summed E-state index contributed by atoms with van der Waals surface area (Å²) >= 11 is 0. The van der Waals surface area contributed by atoms with Gasteiger partial charge in [-0.25, -0.2) is 0 Å². The summed E-state index contributed by atoms with van der Waals surface area (Å²) in [6.45, 7) is 1.60. The Morgan fingerprint density at radius 2 is 1.44 bits per heavy atom. The molecule has 0 heterocycles. The monoisotopic (exact) mass is 648 g/mol. The third-order valence-corrected chi connectivity index (χ3v) is 8.73. The zero-order chi connectivity index (χ0) is 28.4. The van der Waals surface area contributed by atoms with Gasteiger partial charge in [-0.15, -0.1) is 10.2 Å². The van der Waals surface area contributed by atoms with E-state index in [-0.39, 0.29) is 33.8 Å². The van der Waals surface area contributed by atoms with Gasteiger partial charge >= 0.3 is 0 Å². The molecule has 2 aromatic rings. The first-order valence-electron chi connectivity index (χ1n) is 10.3. The molecule has 18 heteroatoms. The second kappa shape index (κ2) is 10.1. The molecular weight excluding hydrogens is 630 g/mol. The summed E-state index contributed by atoms with van der Waals surface area (Å²) in [5, 5.41) is 29.3. The Labute approximate surface area is 232 Å². The van der Waals surface area contributed by atoms with Crippen molar-refractivity contribution >= 4 is 46.8 Å². The number of rotatable bonds is 5. The van der Waals surface area contributed by atoms with Gasteiger partial charge < -0.3 is 15.9 Å². The second-order valence-corrected chi connectivity index (χ2v) is 12.7. The van der Waals surface area contributed by atoms with Crippen molar-refractivity contribution in [2.24, 2.45) is 27.8 Å². The van der Waals surface area contributed by atoms with E-state index in [2.05, 4.69) is 10.2 Å². The number of aryl methyl sites for hydroxylation is 1. The summed E-state index contributed by atoms with van der Waals surface area (Å²) in [7, 11) is -14.7. The Bertz CT molecular complexity index is 1890. The molecule has 7 N–H and O–H groups in total. The molecule has 2 atom stereocenters. The van der Waals surface area contributed by atoms with E-state index >= 15 is 0 Å². The van der Waals surface area contributed by atoms with Crippen LogP contribution < -0.4 is 5.73 Å². The number of phenolic OH excluding ortho intramolecular Hbond substituents is 1. The zero-order valence-electron chi connectivity index (χ0n) is 19.4. The molecule has 2 aromatic carbocycles. The molecule has 4 rings (SSSR count). The Kier molecular flexibility index (Phi) is 7.92. The van der Waals surface area contributed by atoms with Gasteiger partial charge in [0.2, 0.25) is 0 Å². The molecule has 2 unspecified atom stereocenters. The topological polar surface area (TPSA) is 254 Å². The summed E-state index contributed by atoms with van der Waals surface area (Å²) in [6.07, 6.45) is 2.55. The van der Waals surface area contributed by atoms with Crippen LogP contribution in [0.15, 0.2) is 84.6 Å². The number of aromatic hydroxyl groups is 1. The summed E-state index contributed by atoms with van der Waals surface area (Å²) in [5.74, 6) is -4.67. The molecule has 14 nitrogen and oxygen atoms in total. The maximum absolute atomic E-state index is 12.1. The van der Waals surface area contributed by atoms with Gasteiger partial charge in [0.15, 0.2) is 0 Å². The fourth-order valence-electron chi connectivity index (χ4n) is 4.28. The van der Waals surface area contributed by atoms with Crippen LogP contribution in [-0.4, -0.2) is 49.1 Å². The predicted octanol–water partition coefficient (Wildman–Crippen LogP) is 2.60. The largest absolute Gasteiger partial charge is 0.509 e. The van der Waals surface area contributed by atoms with Crippen molar-refractivity contribution in [3.63, 3.8) is 0 Å². The minimum atomic E-state index is -5.03. The molecule has 39 heavy (non-hydrogen) atoms. The molecule has 1 radical (unpaired) electrons. The van der Waals surface area contributed by atoms with Crippen LogP contribution in [0.3, 0.4) is 0 Å². The molecule has 0 aromatic heterocycles. The van der Waals surface area contributed by atoms with Crippen LogP contribution in [-0.2, 0) is 47.4 Å². The number of allylic oxidation sites excluding steroid dienone is 5. The third kappa shape index (κ3) is 5.78. The smallest absolute Gasteiger partial charge is 0.294 e. The van der Waals surface area contributed by atoms with Crippen LogP contribution in [0.4, 0.5) is 5.69 Å². The minimum absolute atomic E-state index is 0. The zero-order valence-corrected chi connectivity index (χ0v) is 22.8. The van der Waals surface area contributed by atoms with E-state index in [1.54, 1.807) is 6.92 Å². The van der Waals surface area contributed by atoms with Gasteiger partial charge in [0.1, 0.15) is 22.9 Å². The molecule has 213 valence electrons. The number of azo groups is 1. The number of nitrogens with zero attached hydrogens (tertiary/aromatic N) is 2. The van der Waals surface area contributed by atoms with Gasteiger partial charge in [0, 0.05) is 34.1 Å². The number of hydrogen-bond acceptors (Lipinski definition) is 11. The third-order valence-electron chi connectivity index (χ3n) is 5.93. The second-order valence-electron chi connectivity index (χ2n) is 8.43. The summed E-state index contributed by atoms with van der Waals surface area (Å²) in [6, 6.07) is 4.73. The van der Waals surface area contributed by atoms with Gasteiger partial charge in [0.05, 0.1) is 20.6 Å². The first kappa shape index (κ1) is 30.5. The number of phenols is 1. The molecule has 0 fully saturated rings. The predicted molar refractivity (Wildman–Crippen MR) is 133 cm³/mol. The summed E-state index contributed by atoms with van der Waals surface area (Å²) in [4.78, 5) is -2.22. The van der Waals surface area contributed by atoms with E-state index in [1.165, 1.54) is 12.1 Å². The van der Waals surface area contributed by atoms with Crippen LogP contribution in [0, 0.1) is 18.8 Å². The average molecular weight is 649 g/mol. The Hall–Kier alpha value is -3.09. The fraction of sp³-hybridized carbons (Fsp3) is 0.143. The van der Waals surface area contributed by atoms with E-state index in [4.69, 9.17) is 5.73 Å². The van der Waals surface area contributed by atoms with Crippen molar-refractivity contribution in [2.75, 3.05) is 0 Å². The van der Waals surface area contributed by atoms with Crippen LogP contribution in [0.2, 0.25) is 0 Å². The van der Waals surface area contributed by atoms with Gasteiger partial charge in [-0.3, -0.25) is 13.7 Å². The van der Waals surface area contributed by atoms with Crippen LogP contribution in [0.1, 0.15) is 5.56 Å². The summed E-state index contributed by atoms with van der Waals surface area (Å²) in [5.41, 5.74) is 4.86. The molecule has 0 aliphatic heterocycles. The minimum Gasteiger partial charge on any atom is -0.509 e. The Morgan fingerprint density at radius 1 is 0.821 bits per heavy atom. The van der Waals surface area contributed by atoms with Crippen molar-refractivity contribution in [2.45, 2.75) is 11.8 Å². The van der Waals surface area contributed by atoms with Crippen LogP contribution in [0.25, 0.3) is 10.8 Å². The van der Waals surface area contributed by atoms with Crippen molar-refractivity contribution in [3.8, 4) is 5.75 Å². The van der Waals surface area contributed by atoms with Crippen molar-refractivity contribution in [1.82, 2.24) is 0 Å². The summed E-state index contributed by atoms with van der Waals surface area (Å²) < 4.78 is 100. The maximum Gasteiger partial charge on any atom is 0.294 e. The van der Waals surface area contributed by atoms with Crippen molar-refractivity contribution in [1.29, 1.82) is 0 Å². The fourth-order valence-corrected chi connectivity index (χ4v) is 6.46. The number of nitrogens with two attached hydrogens (primary N) is 1. The molecule has 0 saturated heterocycles. The van der Waals surface area contributed by atoms with Crippen molar-refractivity contribution in [3.05, 3.63) is 75.0 Å². The van der Waals surface area contributed by atoms with Crippen LogP contribution in [0.5, 0.6) is 5.75 Å². The van der Waals surface area contributed by atoms with Gasteiger partial charge in [-0.1, -0.05) is 12.1 Å². The maximum atomic E-state index is 12.1. The first-order chi connectivity index (χ1) is 17.4. The Balaban J connectivity index is 0.00000420. The van der Waals surface area contributed by atoms with Gasteiger partial charge in [-0.2, -0.15) is 25.3 Å². The van der Waals surface area contributed by atoms with Crippen LogP contribution >= 0.6 is 0 Å². The molecule has 2 aliphatic carbocycles. The number of fused-ring (bicyclic) bond motifs is 2. The number of benzene rings is 2. The number of aliphatic hydroxyl groups is 1. The normalized spacial score (nSPS) is 20.3. The molecule has 0 amide bonds. The molecule has 2 aliphatic rings. The van der Waals surface area contributed by atoms with Crippen molar-refractivity contribution < 1.29 is 66.2 Å². The first-order valence-corrected chi connectivity index (χ1v) is 14.7.